The highest BCUT2D eigenvalue weighted by atomic mass is 16.6. The van der Waals surface area contributed by atoms with E-state index in [9.17, 15) is 15.4 Å². The van der Waals surface area contributed by atoms with Crippen molar-refractivity contribution in [1.29, 1.82) is 5.26 Å². The molecule has 112 valence electrons. The first kappa shape index (κ1) is 15.5. The number of likely N-dealkylation sites (tertiary alicyclic amines) is 1. The van der Waals surface area contributed by atoms with E-state index >= 15 is 0 Å². The van der Waals surface area contributed by atoms with Gasteiger partial charge in [0.2, 0.25) is 0 Å². The van der Waals surface area contributed by atoms with Gasteiger partial charge in [0.25, 0.3) is 5.69 Å². The van der Waals surface area contributed by atoms with Gasteiger partial charge in [0.1, 0.15) is 5.54 Å². The van der Waals surface area contributed by atoms with Crippen LogP contribution in [-0.2, 0) is 6.42 Å². The molecule has 0 aromatic heterocycles. The molecular weight excluding hydrogens is 266 g/mol. The molecule has 0 aliphatic carbocycles. The second kappa shape index (κ2) is 6.68. The molecule has 21 heavy (non-hydrogen) atoms. The van der Waals surface area contributed by atoms with Crippen molar-refractivity contribution in [3.63, 3.8) is 0 Å². The van der Waals surface area contributed by atoms with Crippen molar-refractivity contribution < 1.29 is 4.92 Å². The fourth-order valence-corrected chi connectivity index (χ4v) is 2.92. The lowest BCUT2D eigenvalue weighted by Crippen LogP contribution is -2.47. The van der Waals surface area contributed by atoms with Crippen LogP contribution in [0.1, 0.15) is 38.2 Å². The zero-order chi connectivity index (χ0) is 15.3. The van der Waals surface area contributed by atoms with Crippen LogP contribution >= 0.6 is 0 Å². The van der Waals surface area contributed by atoms with Gasteiger partial charge >= 0.3 is 0 Å². The molecule has 1 aliphatic heterocycles. The minimum absolute atomic E-state index is 0.0900. The fraction of sp³-hybridized carbons (Fsp3) is 0.562. The van der Waals surface area contributed by atoms with Crippen molar-refractivity contribution in [3.05, 3.63) is 39.9 Å². The Morgan fingerprint density at radius 2 is 1.81 bits per heavy atom. The first-order valence-corrected chi connectivity index (χ1v) is 7.45. The first-order valence-electron chi connectivity index (χ1n) is 7.45. The number of nitro benzene ring substituents is 1. The van der Waals surface area contributed by atoms with Gasteiger partial charge < -0.3 is 0 Å². The fourth-order valence-electron chi connectivity index (χ4n) is 2.92. The number of hydrogen-bond acceptors (Lipinski definition) is 4. The lowest BCUT2D eigenvalue weighted by Gasteiger charge is -2.35. The Hall–Kier alpha value is -1.93. The molecule has 0 radical (unpaired) electrons. The van der Waals surface area contributed by atoms with Gasteiger partial charge in [0.05, 0.1) is 11.0 Å². The summed E-state index contributed by atoms with van der Waals surface area (Å²) in [5.41, 5.74) is 0.515. The van der Waals surface area contributed by atoms with E-state index in [4.69, 9.17) is 0 Å². The Morgan fingerprint density at radius 3 is 2.29 bits per heavy atom. The van der Waals surface area contributed by atoms with Gasteiger partial charge in [-0.15, -0.1) is 0 Å². The van der Waals surface area contributed by atoms with Gasteiger partial charge in [-0.05, 0) is 38.4 Å². The summed E-state index contributed by atoms with van der Waals surface area (Å²) < 4.78 is 0. The number of nitro groups is 1. The van der Waals surface area contributed by atoms with E-state index in [0.717, 1.165) is 31.5 Å². The van der Waals surface area contributed by atoms with Gasteiger partial charge in [-0.25, -0.2) is 0 Å². The van der Waals surface area contributed by atoms with Crippen LogP contribution in [0.5, 0.6) is 0 Å². The van der Waals surface area contributed by atoms with Crippen LogP contribution in [0.4, 0.5) is 5.69 Å². The second-order valence-corrected chi connectivity index (χ2v) is 5.89. The smallest absolute Gasteiger partial charge is 0.269 e. The van der Waals surface area contributed by atoms with E-state index in [2.05, 4.69) is 11.0 Å². The number of rotatable bonds is 4. The summed E-state index contributed by atoms with van der Waals surface area (Å²) in [5, 5.41) is 20.3. The molecule has 1 fully saturated rings. The van der Waals surface area contributed by atoms with E-state index in [0.29, 0.717) is 6.42 Å². The van der Waals surface area contributed by atoms with E-state index < -0.39 is 10.5 Å². The average Bonchev–Trinajstić information content (AvgIpc) is 2.77. The summed E-state index contributed by atoms with van der Waals surface area (Å²) in [5.74, 6) is 0. The maximum atomic E-state index is 10.7. The molecule has 1 aromatic rings. The molecule has 1 atom stereocenters. The Bertz CT molecular complexity index is 527. The monoisotopic (exact) mass is 287 g/mol. The van der Waals surface area contributed by atoms with Crippen LogP contribution < -0.4 is 0 Å². The maximum absolute atomic E-state index is 10.7. The third-order valence-electron chi connectivity index (χ3n) is 4.24. The van der Waals surface area contributed by atoms with E-state index in [1.807, 2.05) is 6.92 Å². The Kier molecular flexibility index (Phi) is 4.92. The zero-order valence-corrected chi connectivity index (χ0v) is 12.4. The van der Waals surface area contributed by atoms with E-state index in [1.54, 1.807) is 12.1 Å². The quantitative estimate of drug-likeness (QED) is 0.629. The number of nitrogens with zero attached hydrogens (tertiary/aromatic N) is 3. The minimum atomic E-state index is -0.541. The summed E-state index contributed by atoms with van der Waals surface area (Å²) in [6, 6.07) is 8.98. The van der Waals surface area contributed by atoms with Crippen molar-refractivity contribution in [2.24, 2.45) is 0 Å². The highest BCUT2D eigenvalue weighted by Gasteiger charge is 2.32. The van der Waals surface area contributed by atoms with Crippen molar-refractivity contribution in [2.45, 2.75) is 44.6 Å². The number of benzene rings is 1. The normalized spacial score (nSPS) is 19.2. The van der Waals surface area contributed by atoms with Gasteiger partial charge in [-0.2, -0.15) is 5.26 Å². The summed E-state index contributed by atoms with van der Waals surface area (Å²) >= 11 is 0. The van der Waals surface area contributed by atoms with Crippen LogP contribution in [-0.4, -0.2) is 28.5 Å². The molecule has 0 N–H and O–H groups in total. The van der Waals surface area contributed by atoms with Crippen LogP contribution in [0.15, 0.2) is 24.3 Å². The third kappa shape index (κ3) is 3.79. The Balaban J connectivity index is 2.13. The molecule has 0 saturated carbocycles. The lowest BCUT2D eigenvalue weighted by molar-refractivity contribution is -0.384. The summed E-state index contributed by atoms with van der Waals surface area (Å²) in [4.78, 5) is 12.5. The minimum Gasteiger partial charge on any atom is -0.285 e. The zero-order valence-electron chi connectivity index (χ0n) is 12.4. The third-order valence-corrected chi connectivity index (χ3v) is 4.24. The molecule has 1 saturated heterocycles. The number of nitriles is 1. The summed E-state index contributed by atoms with van der Waals surface area (Å²) in [6.07, 6.45) is 5.33. The van der Waals surface area contributed by atoms with Crippen LogP contribution in [0, 0.1) is 21.4 Å². The van der Waals surface area contributed by atoms with Crippen molar-refractivity contribution in [3.8, 4) is 6.07 Å². The predicted octanol–water partition coefficient (Wildman–Crippen LogP) is 3.30. The molecule has 2 rings (SSSR count). The van der Waals surface area contributed by atoms with Gasteiger partial charge in [0, 0.05) is 18.6 Å². The molecule has 0 amide bonds. The number of non-ortho nitro benzene ring substituents is 1. The topological polar surface area (TPSA) is 70.2 Å². The molecule has 1 aliphatic rings. The number of hydrogen-bond donors (Lipinski definition) is 0. The summed E-state index contributed by atoms with van der Waals surface area (Å²) in [6.45, 7) is 3.88. The SMILES string of the molecule is CC(C#N)(Cc1ccc([N+](=O)[O-])cc1)N1CCCCCC1. The highest BCUT2D eigenvalue weighted by molar-refractivity contribution is 5.34. The van der Waals surface area contributed by atoms with Crippen LogP contribution in [0.2, 0.25) is 0 Å². The molecule has 5 nitrogen and oxygen atoms in total. The largest absolute Gasteiger partial charge is 0.285 e. The van der Waals surface area contributed by atoms with Gasteiger partial charge in [0.15, 0.2) is 0 Å². The van der Waals surface area contributed by atoms with Crippen LogP contribution in [0.3, 0.4) is 0 Å². The van der Waals surface area contributed by atoms with E-state index in [1.165, 1.54) is 25.0 Å². The average molecular weight is 287 g/mol. The molecular formula is C16H21N3O2. The summed E-state index contributed by atoms with van der Waals surface area (Å²) in [7, 11) is 0. The van der Waals surface area contributed by atoms with Crippen molar-refractivity contribution >= 4 is 5.69 Å². The van der Waals surface area contributed by atoms with Crippen molar-refractivity contribution in [1.82, 2.24) is 4.90 Å². The highest BCUT2D eigenvalue weighted by Crippen LogP contribution is 2.25. The van der Waals surface area contributed by atoms with Gasteiger partial charge in [-0.3, -0.25) is 15.0 Å². The molecule has 0 bridgehead atoms. The van der Waals surface area contributed by atoms with Gasteiger partial charge in [-0.1, -0.05) is 25.0 Å². The first-order chi connectivity index (χ1) is 10.0. The standard InChI is InChI=1S/C16H21N3O2/c1-16(13-17,18-10-4-2-3-5-11-18)12-14-6-8-15(9-7-14)19(20)21/h6-9H,2-5,10-12H2,1H3. The molecule has 1 aromatic carbocycles. The van der Waals surface area contributed by atoms with Crippen molar-refractivity contribution in [2.75, 3.05) is 13.1 Å². The van der Waals surface area contributed by atoms with Crippen LogP contribution in [0.25, 0.3) is 0 Å². The Labute approximate surface area is 125 Å². The second-order valence-electron chi connectivity index (χ2n) is 5.89. The Morgan fingerprint density at radius 1 is 1.24 bits per heavy atom. The molecule has 1 heterocycles. The lowest BCUT2D eigenvalue weighted by atomic mass is 9.92. The predicted molar refractivity (Wildman–Crippen MR) is 80.9 cm³/mol. The molecule has 0 spiro atoms. The van der Waals surface area contributed by atoms with E-state index in [-0.39, 0.29) is 5.69 Å². The maximum Gasteiger partial charge on any atom is 0.269 e. The molecule has 5 heteroatoms. The molecule has 1 unspecified atom stereocenters.